The lowest BCUT2D eigenvalue weighted by Crippen LogP contribution is -2.24. The van der Waals surface area contributed by atoms with Crippen molar-refractivity contribution >= 4 is 0 Å². The van der Waals surface area contributed by atoms with E-state index in [4.69, 9.17) is 0 Å². The molecule has 18 heavy (non-hydrogen) atoms. The summed E-state index contributed by atoms with van der Waals surface area (Å²) in [5.41, 5.74) is 3.68. The topological polar surface area (TPSA) is 24.9 Å². The molecule has 1 aromatic heterocycles. The van der Waals surface area contributed by atoms with Crippen LogP contribution in [-0.4, -0.2) is 11.5 Å². The first-order chi connectivity index (χ1) is 8.44. The smallest absolute Gasteiger partial charge is 0.0605 e. The Morgan fingerprint density at radius 2 is 2.00 bits per heavy atom. The van der Waals surface area contributed by atoms with Gasteiger partial charge in [-0.15, -0.1) is 0 Å². The van der Waals surface area contributed by atoms with Crippen molar-refractivity contribution in [3.8, 4) is 0 Å². The molecule has 1 fully saturated rings. The Labute approximate surface area is 110 Å². The molecule has 0 spiro atoms. The highest BCUT2D eigenvalue weighted by atomic mass is 15.0. The second-order valence-corrected chi connectivity index (χ2v) is 7.04. The highest BCUT2D eigenvalue weighted by Gasteiger charge is 2.63. The van der Waals surface area contributed by atoms with E-state index in [1.54, 1.807) is 0 Å². The predicted octanol–water partition coefficient (Wildman–Crippen LogP) is 3.34. The molecule has 0 amide bonds. The predicted molar refractivity (Wildman–Crippen MR) is 74.4 cm³/mol. The third-order valence-corrected chi connectivity index (χ3v) is 5.85. The summed E-state index contributed by atoms with van der Waals surface area (Å²) in [6.07, 6.45) is 4.31. The molecular formula is C16H24N2. The molecule has 0 radical (unpaired) electrons. The Balaban J connectivity index is 1.64. The monoisotopic (exact) mass is 244 g/mol. The highest BCUT2D eigenvalue weighted by Crippen LogP contribution is 2.68. The van der Waals surface area contributed by atoms with Crippen LogP contribution in [-0.2, 0) is 6.42 Å². The van der Waals surface area contributed by atoms with Gasteiger partial charge in [-0.2, -0.15) is 0 Å². The minimum Gasteiger partial charge on any atom is -0.308 e. The normalized spacial score (nSPS) is 28.1. The van der Waals surface area contributed by atoms with Crippen molar-refractivity contribution in [2.75, 3.05) is 6.54 Å². The van der Waals surface area contributed by atoms with Gasteiger partial charge in [-0.1, -0.05) is 33.8 Å². The molecule has 1 aromatic rings. The van der Waals surface area contributed by atoms with Gasteiger partial charge in [-0.3, -0.25) is 4.98 Å². The van der Waals surface area contributed by atoms with Crippen molar-refractivity contribution in [3.05, 3.63) is 29.6 Å². The van der Waals surface area contributed by atoms with Crippen LogP contribution in [0.2, 0.25) is 0 Å². The largest absolute Gasteiger partial charge is 0.308 e. The molecule has 2 heteroatoms. The summed E-state index contributed by atoms with van der Waals surface area (Å²) in [4.78, 5) is 4.55. The molecule has 2 aliphatic rings. The summed E-state index contributed by atoms with van der Waals surface area (Å²) in [6, 6.07) is 4.75. The number of nitrogens with zero attached hydrogens (tertiary/aromatic N) is 1. The van der Waals surface area contributed by atoms with Crippen molar-refractivity contribution < 1.29 is 0 Å². The van der Waals surface area contributed by atoms with Gasteiger partial charge in [0, 0.05) is 6.20 Å². The van der Waals surface area contributed by atoms with Crippen LogP contribution in [0.1, 0.15) is 51.4 Å². The second-order valence-electron chi connectivity index (χ2n) is 7.04. The molecule has 0 bridgehead atoms. The molecule has 0 aliphatic heterocycles. The average Bonchev–Trinajstić information content (AvgIpc) is 2.67. The SMILES string of the molecule is CC1(C)C(CNC2CCc3cccnc32)C1(C)C. The minimum atomic E-state index is 0.478. The van der Waals surface area contributed by atoms with Crippen molar-refractivity contribution in [1.29, 1.82) is 0 Å². The highest BCUT2D eigenvalue weighted by molar-refractivity contribution is 5.28. The standard InChI is InChI=1S/C16H24N2/c1-15(2)13(16(15,3)4)10-18-12-8-7-11-6-5-9-17-14(11)12/h5-6,9,12-13,18H,7-8,10H2,1-4H3. The van der Waals surface area contributed by atoms with E-state index in [2.05, 4.69) is 44.1 Å². The maximum Gasteiger partial charge on any atom is 0.0605 e. The summed E-state index contributed by atoms with van der Waals surface area (Å²) in [5.74, 6) is 0.790. The van der Waals surface area contributed by atoms with Gasteiger partial charge in [0.05, 0.1) is 11.7 Å². The molecule has 1 heterocycles. The van der Waals surface area contributed by atoms with E-state index in [-0.39, 0.29) is 0 Å². The molecule has 0 aromatic carbocycles. The fraction of sp³-hybridized carbons (Fsp3) is 0.688. The van der Waals surface area contributed by atoms with Crippen molar-refractivity contribution in [3.63, 3.8) is 0 Å². The molecule has 3 rings (SSSR count). The summed E-state index contributed by atoms with van der Waals surface area (Å²) >= 11 is 0. The quantitative estimate of drug-likeness (QED) is 0.882. The molecule has 2 nitrogen and oxygen atoms in total. The van der Waals surface area contributed by atoms with Gasteiger partial charge in [-0.25, -0.2) is 0 Å². The molecule has 0 saturated heterocycles. The van der Waals surface area contributed by atoms with E-state index in [1.165, 1.54) is 24.1 Å². The Morgan fingerprint density at radius 3 is 2.67 bits per heavy atom. The van der Waals surface area contributed by atoms with E-state index < -0.39 is 0 Å². The van der Waals surface area contributed by atoms with Crippen LogP contribution >= 0.6 is 0 Å². The molecule has 2 aliphatic carbocycles. The number of rotatable bonds is 3. The lowest BCUT2D eigenvalue weighted by molar-refractivity contribution is 0.457. The first kappa shape index (κ1) is 12.2. The van der Waals surface area contributed by atoms with Crippen LogP contribution in [0.25, 0.3) is 0 Å². The third-order valence-electron chi connectivity index (χ3n) is 5.85. The summed E-state index contributed by atoms with van der Waals surface area (Å²) in [7, 11) is 0. The second kappa shape index (κ2) is 3.80. The van der Waals surface area contributed by atoms with Gasteiger partial charge in [0.25, 0.3) is 0 Å². The Kier molecular flexibility index (Phi) is 2.57. The lowest BCUT2D eigenvalue weighted by Gasteiger charge is -2.13. The van der Waals surface area contributed by atoms with Crippen LogP contribution in [0.15, 0.2) is 18.3 Å². The summed E-state index contributed by atoms with van der Waals surface area (Å²) in [5, 5.41) is 3.75. The van der Waals surface area contributed by atoms with E-state index >= 15 is 0 Å². The molecule has 98 valence electrons. The molecule has 1 atom stereocenters. The fourth-order valence-corrected chi connectivity index (χ4v) is 3.71. The fourth-order valence-electron chi connectivity index (χ4n) is 3.71. The number of fused-ring (bicyclic) bond motifs is 1. The Morgan fingerprint density at radius 1 is 1.28 bits per heavy atom. The van der Waals surface area contributed by atoms with Gasteiger partial charge in [0.15, 0.2) is 0 Å². The molecule has 1 saturated carbocycles. The van der Waals surface area contributed by atoms with E-state index in [0.717, 1.165) is 12.5 Å². The number of aryl methyl sites for hydroxylation is 1. The first-order valence-corrected chi connectivity index (χ1v) is 7.12. The molecule has 1 N–H and O–H groups in total. The first-order valence-electron chi connectivity index (χ1n) is 7.12. The van der Waals surface area contributed by atoms with Gasteiger partial charge in [-0.05, 0) is 47.8 Å². The zero-order valence-electron chi connectivity index (χ0n) is 12.0. The maximum atomic E-state index is 4.55. The van der Waals surface area contributed by atoms with E-state index in [0.29, 0.717) is 16.9 Å². The lowest BCUT2D eigenvalue weighted by atomic mass is 10.0. The van der Waals surface area contributed by atoms with Crippen molar-refractivity contribution in [2.45, 2.75) is 46.6 Å². The van der Waals surface area contributed by atoms with Crippen molar-refractivity contribution in [1.82, 2.24) is 10.3 Å². The van der Waals surface area contributed by atoms with Crippen LogP contribution in [0.5, 0.6) is 0 Å². The number of aromatic nitrogens is 1. The molecular weight excluding hydrogens is 220 g/mol. The summed E-state index contributed by atoms with van der Waals surface area (Å²) in [6.45, 7) is 10.7. The average molecular weight is 244 g/mol. The zero-order valence-corrected chi connectivity index (χ0v) is 12.0. The van der Waals surface area contributed by atoms with Gasteiger partial charge in [0.2, 0.25) is 0 Å². The number of nitrogens with one attached hydrogen (secondary N) is 1. The van der Waals surface area contributed by atoms with Gasteiger partial charge in [0.1, 0.15) is 0 Å². The Bertz CT molecular complexity index is 448. The van der Waals surface area contributed by atoms with E-state index in [9.17, 15) is 0 Å². The van der Waals surface area contributed by atoms with Crippen molar-refractivity contribution in [2.24, 2.45) is 16.7 Å². The third kappa shape index (κ3) is 1.62. The number of hydrogen-bond acceptors (Lipinski definition) is 2. The van der Waals surface area contributed by atoms with Crippen LogP contribution in [0.3, 0.4) is 0 Å². The van der Waals surface area contributed by atoms with Crippen LogP contribution < -0.4 is 5.32 Å². The van der Waals surface area contributed by atoms with E-state index in [1.807, 2.05) is 12.3 Å². The zero-order chi connectivity index (χ0) is 13.0. The summed E-state index contributed by atoms with van der Waals surface area (Å²) < 4.78 is 0. The van der Waals surface area contributed by atoms with Crippen LogP contribution in [0, 0.1) is 16.7 Å². The number of hydrogen-bond donors (Lipinski definition) is 1. The van der Waals surface area contributed by atoms with Gasteiger partial charge >= 0.3 is 0 Å². The van der Waals surface area contributed by atoms with Crippen LogP contribution in [0.4, 0.5) is 0 Å². The van der Waals surface area contributed by atoms with Gasteiger partial charge < -0.3 is 5.32 Å². The number of pyridine rings is 1. The maximum absolute atomic E-state index is 4.55. The Hall–Kier alpha value is -0.890. The molecule has 1 unspecified atom stereocenters. The minimum absolute atomic E-state index is 0.478.